The maximum Gasteiger partial charge on any atom is 0.341 e. The molecular formula is C25H33FN4O6. The number of anilines is 2. The minimum Gasteiger partial charge on any atom is -0.492 e. The summed E-state index contributed by atoms with van der Waals surface area (Å²) in [4.78, 5) is 43.6. The van der Waals surface area contributed by atoms with Crippen molar-refractivity contribution >= 4 is 34.7 Å². The summed E-state index contributed by atoms with van der Waals surface area (Å²) in [6.07, 6.45) is 5.01. The molecule has 11 heteroatoms. The first kappa shape index (κ1) is 25.7. The molecule has 36 heavy (non-hydrogen) atoms. The van der Waals surface area contributed by atoms with Crippen molar-refractivity contribution < 1.29 is 28.7 Å². The average molecular weight is 505 g/mol. The van der Waals surface area contributed by atoms with E-state index in [-0.39, 0.29) is 34.5 Å². The van der Waals surface area contributed by atoms with Crippen molar-refractivity contribution in [2.75, 3.05) is 37.4 Å². The minimum absolute atomic E-state index is 0.0127. The molecule has 1 saturated carbocycles. The molecule has 0 spiro atoms. The smallest absolute Gasteiger partial charge is 0.341 e. The third kappa shape index (κ3) is 4.84. The number of aromatic nitrogens is 1. The van der Waals surface area contributed by atoms with E-state index in [4.69, 9.17) is 15.3 Å². The van der Waals surface area contributed by atoms with Crippen LogP contribution in [0.3, 0.4) is 0 Å². The van der Waals surface area contributed by atoms with E-state index in [1.807, 2.05) is 25.7 Å². The van der Waals surface area contributed by atoms with Gasteiger partial charge < -0.3 is 25.0 Å². The lowest BCUT2D eigenvalue weighted by atomic mass is 10.0. The number of carbonyl (C=O) groups excluding carboxylic acids is 1. The van der Waals surface area contributed by atoms with E-state index >= 15 is 4.39 Å². The van der Waals surface area contributed by atoms with Crippen molar-refractivity contribution in [1.29, 1.82) is 0 Å². The molecule has 0 radical (unpaired) electrons. The maximum atomic E-state index is 15.8. The fourth-order valence-electron chi connectivity index (χ4n) is 4.88. The van der Waals surface area contributed by atoms with E-state index < -0.39 is 28.4 Å². The first-order chi connectivity index (χ1) is 17.0. The highest BCUT2D eigenvalue weighted by Gasteiger charge is 2.35. The number of nitrogens with zero attached hydrogens (tertiary/aromatic N) is 3. The van der Waals surface area contributed by atoms with Crippen LogP contribution in [0.5, 0.6) is 5.75 Å². The molecule has 2 fully saturated rings. The van der Waals surface area contributed by atoms with Gasteiger partial charge >= 0.3 is 5.97 Å². The normalized spacial score (nSPS) is 18.0. The summed E-state index contributed by atoms with van der Waals surface area (Å²) in [5, 5.41) is 10.7. The summed E-state index contributed by atoms with van der Waals surface area (Å²) in [5.41, 5.74) is 4.48. The van der Waals surface area contributed by atoms with Crippen LogP contribution in [0.2, 0.25) is 0 Å². The average Bonchev–Trinajstić information content (AvgIpc) is 3.55. The van der Waals surface area contributed by atoms with Gasteiger partial charge in [0.05, 0.1) is 29.3 Å². The summed E-state index contributed by atoms with van der Waals surface area (Å²) >= 11 is 0. The number of fused-ring (bicyclic) bond motifs is 1. The zero-order valence-corrected chi connectivity index (χ0v) is 21.0. The van der Waals surface area contributed by atoms with Crippen molar-refractivity contribution in [3.8, 4) is 5.75 Å². The van der Waals surface area contributed by atoms with Crippen LogP contribution in [0, 0.1) is 11.7 Å². The van der Waals surface area contributed by atoms with Gasteiger partial charge in [0, 0.05) is 31.9 Å². The number of nitrogens with two attached hydrogens (primary N) is 1. The molecular weight excluding hydrogens is 471 g/mol. The number of halogens is 1. The van der Waals surface area contributed by atoms with Gasteiger partial charge in [-0.15, -0.1) is 0 Å². The molecule has 1 saturated heterocycles. The van der Waals surface area contributed by atoms with Gasteiger partial charge in [0.25, 0.3) is 0 Å². The Balaban J connectivity index is 1.70. The van der Waals surface area contributed by atoms with Crippen LogP contribution in [0.15, 0.2) is 11.0 Å². The van der Waals surface area contributed by atoms with E-state index in [1.54, 1.807) is 4.57 Å². The van der Waals surface area contributed by atoms with Gasteiger partial charge in [0.15, 0.2) is 11.6 Å². The summed E-state index contributed by atoms with van der Waals surface area (Å²) in [6, 6.07) is -0.0127. The number of rotatable bonds is 9. The number of pyridine rings is 1. The Labute approximate surface area is 208 Å². The number of carboxylic acid groups (broad SMARTS) is 1. The lowest BCUT2D eigenvalue weighted by molar-refractivity contribution is -0.216. The summed E-state index contributed by atoms with van der Waals surface area (Å²) in [7, 11) is 1.40. The molecule has 3 N–H and O–H groups in total. The zero-order chi connectivity index (χ0) is 26.4. The molecule has 1 aromatic heterocycles. The Bertz CT molecular complexity index is 1250. The van der Waals surface area contributed by atoms with Gasteiger partial charge in [0.1, 0.15) is 11.3 Å². The quantitative estimate of drug-likeness (QED) is 0.303. The molecule has 1 aliphatic carbocycles. The van der Waals surface area contributed by atoms with Crippen LogP contribution in [0.1, 0.15) is 62.9 Å². The van der Waals surface area contributed by atoms with Crippen molar-refractivity contribution in [1.82, 2.24) is 9.63 Å². The highest BCUT2D eigenvalue weighted by molar-refractivity contribution is 6.03. The number of hydroxylamine groups is 2. The highest BCUT2D eigenvalue weighted by Crippen LogP contribution is 2.47. The molecule has 196 valence electrons. The number of nitrogen functional groups attached to an aromatic ring is 1. The highest BCUT2D eigenvalue weighted by atomic mass is 19.1. The minimum atomic E-state index is -1.39. The van der Waals surface area contributed by atoms with Gasteiger partial charge in [-0.25, -0.2) is 14.2 Å². The summed E-state index contributed by atoms with van der Waals surface area (Å²) in [5.74, 6) is -1.85. The molecule has 1 amide bonds. The van der Waals surface area contributed by atoms with E-state index in [9.17, 15) is 19.5 Å². The molecule has 2 aromatic rings. The number of ether oxygens (including phenoxy) is 1. The number of hydrogen-bond acceptors (Lipinski definition) is 7. The first-order valence-corrected chi connectivity index (χ1v) is 12.1. The van der Waals surface area contributed by atoms with Crippen LogP contribution in [-0.4, -0.2) is 59.5 Å². The molecule has 4 rings (SSSR count). The second-order valence-electron chi connectivity index (χ2n) is 10.5. The van der Waals surface area contributed by atoms with Gasteiger partial charge in [-0.1, -0.05) is 0 Å². The Morgan fingerprint density at radius 1 is 1.33 bits per heavy atom. The first-order valence-electron chi connectivity index (χ1n) is 12.1. The van der Waals surface area contributed by atoms with Gasteiger partial charge in [0.2, 0.25) is 11.8 Å². The third-order valence-corrected chi connectivity index (χ3v) is 6.62. The lowest BCUT2D eigenvalue weighted by Crippen LogP contribution is -2.34. The number of aromatic carboxylic acids is 1. The van der Waals surface area contributed by atoms with Gasteiger partial charge in [-0.3, -0.25) is 14.4 Å². The molecule has 1 aromatic carbocycles. The van der Waals surface area contributed by atoms with Crippen molar-refractivity contribution in [3.05, 3.63) is 27.8 Å². The predicted octanol–water partition coefficient (Wildman–Crippen LogP) is 3.17. The largest absolute Gasteiger partial charge is 0.492 e. The van der Waals surface area contributed by atoms with Crippen molar-refractivity contribution in [3.63, 3.8) is 0 Å². The van der Waals surface area contributed by atoms with Crippen LogP contribution >= 0.6 is 0 Å². The number of carboxylic acids is 1. The molecule has 2 heterocycles. The van der Waals surface area contributed by atoms with Crippen LogP contribution in [-0.2, 0) is 9.63 Å². The number of benzene rings is 1. The Kier molecular flexibility index (Phi) is 6.87. The number of methoxy groups -OCH3 is 1. The fraction of sp³-hybridized carbons (Fsp3) is 0.560. The standard InChI is InChI=1S/C25H33FN4O6/c1-25(2,3)36-29(13-31)10-8-14-7-9-28(11-14)21-18(26)19(27)17-20(23(21)35-4)30(15-5-6-15)12-16(22(17)32)24(33)34/h12-15H,5-11,27H2,1-4H3,(H,33,34)/t14-/m0/s1. The Morgan fingerprint density at radius 2 is 2.03 bits per heavy atom. The lowest BCUT2D eigenvalue weighted by Gasteiger charge is -2.28. The van der Waals surface area contributed by atoms with E-state index in [1.165, 1.54) is 18.4 Å². The number of amides is 1. The van der Waals surface area contributed by atoms with E-state index in [2.05, 4.69) is 0 Å². The SMILES string of the molecule is COc1c(N2CC[C@@H](CCN(C=O)OC(C)(C)C)C2)c(F)c(N)c2c(=O)c(C(=O)O)cn(C3CC3)c12. The molecule has 2 aliphatic rings. The number of hydrogen-bond donors (Lipinski definition) is 2. The van der Waals surface area contributed by atoms with Gasteiger partial charge in [-0.05, 0) is 52.4 Å². The monoisotopic (exact) mass is 504 g/mol. The zero-order valence-electron chi connectivity index (χ0n) is 21.0. The second kappa shape index (κ2) is 9.61. The summed E-state index contributed by atoms with van der Waals surface area (Å²) < 4.78 is 23.1. The van der Waals surface area contributed by atoms with Crippen LogP contribution in [0.4, 0.5) is 15.8 Å². The van der Waals surface area contributed by atoms with Crippen molar-refractivity contribution in [2.45, 2.75) is 58.1 Å². The third-order valence-electron chi connectivity index (χ3n) is 6.62. The summed E-state index contributed by atoms with van der Waals surface area (Å²) in [6.45, 7) is 7.02. The van der Waals surface area contributed by atoms with E-state index in [0.29, 0.717) is 38.0 Å². The maximum absolute atomic E-state index is 15.8. The van der Waals surface area contributed by atoms with Crippen LogP contribution in [0.25, 0.3) is 10.9 Å². The second-order valence-corrected chi connectivity index (χ2v) is 10.5. The fourth-order valence-corrected chi connectivity index (χ4v) is 4.88. The predicted molar refractivity (Wildman–Crippen MR) is 133 cm³/mol. The van der Waals surface area contributed by atoms with Crippen LogP contribution < -0.4 is 20.8 Å². The van der Waals surface area contributed by atoms with E-state index in [0.717, 1.165) is 19.3 Å². The number of carbonyl (C=O) groups is 2. The molecule has 0 bridgehead atoms. The molecule has 10 nitrogen and oxygen atoms in total. The van der Waals surface area contributed by atoms with Crippen molar-refractivity contribution in [2.24, 2.45) is 5.92 Å². The molecule has 1 atom stereocenters. The molecule has 0 unspecified atom stereocenters. The van der Waals surface area contributed by atoms with Gasteiger partial charge in [-0.2, -0.15) is 0 Å². The molecule has 1 aliphatic heterocycles. The Hall–Kier alpha value is -3.34. The Morgan fingerprint density at radius 3 is 2.58 bits per heavy atom. The topological polar surface area (TPSA) is 127 Å².